The van der Waals surface area contributed by atoms with Crippen molar-refractivity contribution in [3.8, 4) is 21.8 Å². The second-order valence-corrected chi connectivity index (χ2v) is 5.90. The van der Waals surface area contributed by atoms with Crippen molar-refractivity contribution in [2.24, 2.45) is 0 Å². The quantitative estimate of drug-likeness (QED) is 0.645. The lowest BCUT2D eigenvalue weighted by molar-refractivity contribution is -0.142. The molecule has 4 heteroatoms. The lowest BCUT2D eigenvalue weighted by atomic mass is 10.0. The number of aromatic nitrogens is 1. The lowest BCUT2D eigenvalue weighted by Crippen LogP contribution is -2.08. The fourth-order valence-electron chi connectivity index (χ4n) is 2.40. The van der Waals surface area contributed by atoms with Crippen LogP contribution >= 0.6 is 11.3 Å². The van der Waals surface area contributed by atoms with E-state index in [0.29, 0.717) is 6.61 Å². The van der Waals surface area contributed by atoms with E-state index in [2.05, 4.69) is 0 Å². The van der Waals surface area contributed by atoms with E-state index in [-0.39, 0.29) is 12.4 Å². The molecule has 23 heavy (non-hydrogen) atoms. The van der Waals surface area contributed by atoms with Crippen molar-refractivity contribution in [1.29, 1.82) is 0 Å². The molecule has 1 aromatic heterocycles. The number of benzene rings is 2. The summed E-state index contributed by atoms with van der Waals surface area (Å²) in [6, 6.07) is 17.9. The van der Waals surface area contributed by atoms with Gasteiger partial charge in [-0.1, -0.05) is 54.6 Å². The lowest BCUT2D eigenvalue weighted by Gasteiger charge is -2.07. The van der Waals surface area contributed by atoms with Crippen molar-refractivity contribution in [2.45, 2.75) is 13.3 Å². The first-order valence-corrected chi connectivity index (χ1v) is 8.40. The molecule has 0 amide bonds. The number of ether oxygens (including phenoxy) is 1. The van der Waals surface area contributed by atoms with Gasteiger partial charge in [0.25, 0.3) is 0 Å². The Morgan fingerprint density at radius 1 is 1.09 bits per heavy atom. The standard InChI is InChI=1S/C19H17NO2S/c1-2-22-18(21)12-15-10-6-7-11-16(15)17-13-23-19(20-17)14-8-4-3-5-9-14/h3-11,13H,2,12H2,1H3. The summed E-state index contributed by atoms with van der Waals surface area (Å²) >= 11 is 1.61. The van der Waals surface area contributed by atoms with Crippen molar-refractivity contribution < 1.29 is 9.53 Å². The Morgan fingerprint density at radius 3 is 2.61 bits per heavy atom. The highest BCUT2D eigenvalue weighted by atomic mass is 32.1. The maximum atomic E-state index is 11.8. The Kier molecular flexibility index (Phi) is 4.83. The molecule has 0 aliphatic heterocycles. The van der Waals surface area contributed by atoms with Crippen LogP contribution in [0.4, 0.5) is 0 Å². The summed E-state index contributed by atoms with van der Waals surface area (Å²) in [5.74, 6) is -0.210. The van der Waals surface area contributed by atoms with Gasteiger partial charge in [-0.15, -0.1) is 11.3 Å². The Hall–Kier alpha value is -2.46. The van der Waals surface area contributed by atoms with Crippen molar-refractivity contribution in [3.05, 3.63) is 65.5 Å². The summed E-state index contributed by atoms with van der Waals surface area (Å²) in [5.41, 5.74) is 3.93. The molecule has 0 radical (unpaired) electrons. The minimum Gasteiger partial charge on any atom is -0.466 e. The SMILES string of the molecule is CCOC(=O)Cc1ccccc1-c1csc(-c2ccccc2)n1. The summed E-state index contributed by atoms with van der Waals surface area (Å²) in [7, 11) is 0. The molecule has 3 rings (SSSR count). The van der Waals surface area contributed by atoms with Crippen LogP contribution in [0.15, 0.2) is 60.0 Å². The predicted molar refractivity (Wildman–Crippen MR) is 93.3 cm³/mol. The molecule has 0 spiro atoms. The number of hydrogen-bond acceptors (Lipinski definition) is 4. The van der Waals surface area contributed by atoms with Crippen molar-refractivity contribution in [2.75, 3.05) is 6.61 Å². The molecule has 0 saturated heterocycles. The molecule has 0 N–H and O–H groups in total. The predicted octanol–water partition coefficient (Wildman–Crippen LogP) is 4.58. The summed E-state index contributed by atoms with van der Waals surface area (Å²) < 4.78 is 5.05. The highest BCUT2D eigenvalue weighted by molar-refractivity contribution is 7.13. The zero-order valence-electron chi connectivity index (χ0n) is 12.9. The maximum Gasteiger partial charge on any atom is 0.310 e. The highest BCUT2D eigenvalue weighted by Gasteiger charge is 2.13. The average Bonchev–Trinajstić information content (AvgIpc) is 3.06. The number of carbonyl (C=O) groups is 1. The monoisotopic (exact) mass is 323 g/mol. The molecule has 116 valence electrons. The van der Waals surface area contributed by atoms with E-state index >= 15 is 0 Å². The van der Waals surface area contributed by atoms with Crippen LogP contribution in [0.25, 0.3) is 21.8 Å². The summed E-state index contributed by atoms with van der Waals surface area (Å²) in [5, 5.41) is 3.01. The Balaban J connectivity index is 1.91. The van der Waals surface area contributed by atoms with Crippen LogP contribution in [-0.4, -0.2) is 17.6 Å². The number of esters is 1. The van der Waals surface area contributed by atoms with E-state index < -0.39 is 0 Å². The van der Waals surface area contributed by atoms with Crippen LogP contribution < -0.4 is 0 Å². The van der Waals surface area contributed by atoms with Crippen molar-refractivity contribution in [1.82, 2.24) is 4.98 Å². The Labute approximate surface area is 139 Å². The Bertz CT molecular complexity index is 796. The first kappa shape index (κ1) is 15.4. The van der Waals surface area contributed by atoms with Gasteiger partial charge in [-0.25, -0.2) is 4.98 Å². The number of hydrogen-bond donors (Lipinski definition) is 0. The van der Waals surface area contributed by atoms with E-state index in [1.807, 2.05) is 66.9 Å². The van der Waals surface area contributed by atoms with Crippen LogP contribution in [0.5, 0.6) is 0 Å². The number of nitrogens with zero attached hydrogens (tertiary/aromatic N) is 1. The van der Waals surface area contributed by atoms with Gasteiger partial charge in [0.2, 0.25) is 0 Å². The number of rotatable bonds is 5. The molecule has 3 aromatic rings. The van der Waals surface area contributed by atoms with E-state index in [4.69, 9.17) is 9.72 Å². The van der Waals surface area contributed by atoms with Gasteiger partial charge in [-0.2, -0.15) is 0 Å². The topological polar surface area (TPSA) is 39.2 Å². The van der Waals surface area contributed by atoms with E-state index in [0.717, 1.165) is 27.4 Å². The zero-order valence-corrected chi connectivity index (χ0v) is 13.7. The van der Waals surface area contributed by atoms with E-state index in [1.54, 1.807) is 11.3 Å². The molecule has 0 bridgehead atoms. The first-order valence-electron chi connectivity index (χ1n) is 7.52. The summed E-state index contributed by atoms with van der Waals surface area (Å²) in [4.78, 5) is 16.5. The van der Waals surface area contributed by atoms with Crippen LogP contribution in [-0.2, 0) is 16.0 Å². The van der Waals surface area contributed by atoms with Gasteiger partial charge in [0, 0.05) is 16.5 Å². The van der Waals surface area contributed by atoms with E-state index in [9.17, 15) is 4.79 Å². The fraction of sp³-hybridized carbons (Fsp3) is 0.158. The van der Waals surface area contributed by atoms with E-state index in [1.165, 1.54) is 0 Å². The average molecular weight is 323 g/mol. The highest BCUT2D eigenvalue weighted by Crippen LogP contribution is 2.30. The second-order valence-electron chi connectivity index (χ2n) is 5.04. The molecule has 0 aliphatic rings. The van der Waals surface area contributed by atoms with Crippen LogP contribution in [0.1, 0.15) is 12.5 Å². The minimum atomic E-state index is -0.210. The molecular weight excluding hydrogens is 306 g/mol. The van der Waals surface area contributed by atoms with Gasteiger partial charge in [0.05, 0.1) is 18.7 Å². The van der Waals surface area contributed by atoms with Gasteiger partial charge >= 0.3 is 5.97 Å². The number of carbonyl (C=O) groups excluding carboxylic acids is 1. The smallest absolute Gasteiger partial charge is 0.310 e. The van der Waals surface area contributed by atoms with Crippen LogP contribution in [0.2, 0.25) is 0 Å². The molecule has 3 nitrogen and oxygen atoms in total. The minimum absolute atomic E-state index is 0.210. The molecule has 0 atom stereocenters. The normalized spacial score (nSPS) is 10.5. The van der Waals surface area contributed by atoms with Gasteiger partial charge in [0.15, 0.2) is 0 Å². The molecule has 1 heterocycles. The van der Waals surface area contributed by atoms with Gasteiger partial charge in [-0.05, 0) is 12.5 Å². The molecule has 0 saturated carbocycles. The molecule has 0 aliphatic carbocycles. The summed E-state index contributed by atoms with van der Waals surface area (Å²) in [6.07, 6.45) is 0.266. The second kappa shape index (κ2) is 7.20. The van der Waals surface area contributed by atoms with Gasteiger partial charge in [-0.3, -0.25) is 4.79 Å². The summed E-state index contributed by atoms with van der Waals surface area (Å²) in [6.45, 7) is 2.21. The van der Waals surface area contributed by atoms with Crippen LogP contribution in [0.3, 0.4) is 0 Å². The number of thiazole rings is 1. The third-order valence-corrected chi connectivity index (χ3v) is 4.35. The first-order chi connectivity index (χ1) is 11.3. The van der Waals surface area contributed by atoms with Crippen LogP contribution in [0, 0.1) is 0 Å². The van der Waals surface area contributed by atoms with Crippen molar-refractivity contribution in [3.63, 3.8) is 0 Å². The van der Waals surface area contributed by atoms with Gasteiger partial charge in [0.1, 0.15) is 5.01 Å². The molecule has 0 unspecified atom stereocenters. The maximum absolute atomic E-state index is 11.8. The third-order valence-electron chi connectivity index (χ3n) is 3.46. The third kappa shape index (κ3) is 3.66. The largest absolute Gasteiger partial charge is 0.466 e. The van der Waals surface area contributed by atoms with Crippen molar-refractivity contribution >= 4 is 17.3 Å². The molecular formula is C19H17NO2S. The fourth-order valence-corrected chi connectivity index (χ4v) is 3.23. The zero-order chi connectivity index (χ0) is 16.1. The molecule has 0 fully saturated rings. The van der Waals surface area contributed by atoms with Gasteiger partial charge < -0.3 is 4.74 Å². The molecule has 2 aromatic carbocycles. The Morgan fingerprint density at radius 2 is 1.83 bits per heavy atom.